The zero-order valence-corrected chi connectivity index (χ0v) is 13.7. The van der Waals surface area contributed by atoms with E-state index in [1.165, 1.54) is 18.2 Å². The van der Waals surface area contributed by atoms with Crippen LogP contribution < -0.4 is 0 Å². The highest BCUT2D eigenvalue weighted by molar-refractivity contribution is 7.86. The third kappa shape index (κ3) is 3.68. The quantitative estimate of drug-likeness (QED) is 0.644. The van der Waals surface area contributed by atoms with Crippen LogP contribution in [0.1, 0.15) is 31.1 Å². The van der Waals surface area contributed by atoms with E-state index in [1.807, 2.05) is 20.8 Å². The molecule has 112 valence electrons. The zero-order valence-electron chi connectivity index (χ0n) is 11.9. The smallest absolute Gasteiger partial charge is 0.326 e. The first-order chi connectivity index (χ1) is 9.29. The van der Waals surface area contributed by atoms with E-state index in [-0.39, 0.29) is 5.56 Å². The second-order valence-corrected chi connectivity index (χ2v) is 10.7. The number of hydrogen-bond donors (Lipinski definition) is 1. The molecule has 5 nitrogen and oxygen atoms in total. The fourth-order valence-corrected chi connectivity index (χ4v) is 5.19. The molecule has 0 bridgehead atoms. The normalized spacial score (nSPS) is 12.2. The van der Waals surface area contributed by atoms with Crippen LogP contribution in [0.3, 0.4) is 0 Å². The van der Waals surface area contributed by atoms with Gasteiger partial charge in [0.15, 0.2) is 0 Å². The summed E-state index contributed by atoms with van der Waals surface area (Å²) in [5, 5.41) is 0. The van der Waals surface area contributed by atoms with Gasteiger partial charge in [-0.3, -0.25) is 4.55 Å². The lowest BCUT2D eigenvalue weighted by Crippen LogP contribution is -2.38. The lowest BCUT2D eigenvalue weighted by Gasteiger charge is -2.27. The van der Waals surface area contributed by atoms with E-state index < -0.39 is 29.3 Å². The van der Waals surface area contributed by atoms with Gasteiger partial charge in [0.25, 0.3) is 18.4 Å². The molecule has 0 amide bonds. The highest BCUT2D eigenvalue weighted by atomic mass is 32.2. The molecule has 0 atom stereocenters. The second kappa shape index (κ2) is 6.51. The molecule has 1 aromatic carbocycles. The van der Waals surface area contributed by atoms with Crippen molar-refractivity contribution in [3.63, 3.8) is 0 Å². The Morgan fingerprint density at radius 3 is 2.10 bits per heavy atom. The highest BCUT2D eigenvalue weighted by Gasteiger charge is 2.34. The van der Waals surface area contributed by atoms with Gasteiger partial charge in [0.05, 0.1) is 5.56 Å². The van der Waals surface area contributed by atoms with Crippen LogP contribution in [-0.4, -0.2) is 27.3 Å². The fraction of sp³-hybridized carbons (Fsp3) is 0.462. The summed E-state index contributed by atoms with van der Waals surface area (Å²) in [5.74, 6) is -0.671. The van der Waals surface area contributed by atoms with Crippen molar-refractivity contribution < 1.29 is 22.2 Å². The van der Waals surface area contributed by atoms with Crippen molar-refractivity contribution in [3.8, 4) is 0 Å². The molecule has 0 aromatic heterocycles. The monoisotopic (exact) mass is 316 g/mol. The van der Waals surface area contributed by atoms with Crippen molar-refractivity contribution in [3.05, 3.63) is 29.8 Å². The van der Waals surface area contributed by atoms with Crippen molar-refractivity contribution in [2.75, 3.05) is 0 Å². The standard InChI is InChI=1S/C13H20O5SSi/c1-4-20(5-2,6-3)18-13(14)11-9-7-8-10-12(11)19(15,16)17/h7-10H,4-6H2,1-3H3,(H,15,16,17). The van der Waals surface area contributed by atoms with Crippen molar-refractivity contribution in [2.45, 2.75) is 43.8 Å². The molecule has 0 spiro atoms. The second-order valence-electron chi connectivity index (χ2n) is 4.60. The predicted molar refractivity (Wildman–Crippen MR) is 78.9 cm³/mol. The summed E-state index contributed by atoms with van der Waals surface area (Å²) < 4.78 is 37.4. The molecule has 7 heteroatoms. The molecule has 0 aliphatic carbocycles. The molecule has 0 saturated heterocycles. The lowest BCUT2D eigenvalue weighted by atomic mass is 10.2. The van der Waals surface area contributed by atoms with Crippen LogP contribution >= 0.6 is 0 Å². The minimum Gasteiger partial charge on any atom is -0.516 e. The molecule has 1 rings (SSSR count). The summed E-state index contributed by atoms with van der Waals surface area (Å²) >= 11 is 0. The van der Waals surface area contributed by atoms with Gasteiger partial charge in [-0.1, -0.05) is 32.9 Å². The van der Waals surface area contributed by atoms with Crippen molar-refractivity contribution in [1.82, 2.24) is 0 Å². The average molecular weight is 316 g/mol. The minimum absolute atomic E-state index is 0.109. The zero-order chi connectivity index (χ0) is 15.4. The van der Waals surface area contributed by atoms with E-state index in [0.717, 1.165) is 18.1 Å². The van der Waals surface area contributed by atoms with Crippen molar-refractivity contribution in [1.29, 1.82) is 0 Å². The predicted octanol–water partition coefficient (Wildman–Crippen LogP) is 3.10. The van der Waals surface area contributed by atoms with E-state index in [0.29, 0.717) is 0 Å². The fourth-order valence-electron chi connectivity index (χ4n) is 2.08. The Hall–Kier alpha value is -1.18. The highest BCUT2D eigenvalue weighted by Crippen LogP contribution is 2.25. The molecule has 1 aromatic rings. The summed E-state index contributed by atoms with van der Waals surface area (Å²) in [6.45, 7) is 5.92. The summed E-state index contributed by atoms with van der Waals surface area (Å²) in [5.41, 5.74) is -0.109. The third-order valence-corrected chi connectivity index (χ3v) is 9.02. The Bertz CT molecular complexity index is 570. The summed E-state index contributed by atoms with van der Waals surface area (Å²) in [4.78, 5) is 11.8. The van der Waals surface area contributed by atoms with Gasteiger partial charge >= 0.3 is 5.97 Å². The minimum atomic E-state index is -4.44. The van der Waals surface area contributed by atoms with Crippen LogP contribution in [0.15, 0.2) is 29.2 Å². The number of carbonyl (C=O) groups excluding carboxylic acids is 1. The number of carbonyl (C=O) groups is 1. The SMILES string of the molecule is CC[Si](CC)(CC)OC(=O)c1ccccc1S(=O)(=O)O. The van der Waals surface area contributed by atoms with Gasteiger partial charge < -0.3 is 4.43 Å². The van der Waals surface area contributed by atoms with E-state index in [4.69, 9.17) is 8.98 Å². The van der Waals surface area contributed by atoms with Crippen LogP contribution in [0.2, 0.25) is 18.1 Å². The Morgan fingerprint density at radius 1 is 1.15 bits per heavy atom. The molecule has 20 heavy (non-hydrogen) atoms. The van der Waals surface area contributed by atoms with Crippen molar-refractivity contribution >= 4 is 24.4 Å². The van der Waals surface area contributed by atoms with E-state index in [2.05, 4.69) is 0 Å². The van der Waals surface area contributed by atoms with Gasteiger partial charge in [-0.25, -0.2) is 4.79 Å². The maximum atomic E-state index is 12.2. The van der Waals surface area contributed by atoms with Gasteiger partial charge in [0.1, 0.15) is 4.90 Å². The molecule has 0 unspecified atom stereocenters. The van der Waals surface area contributed by atoms with Crippen LogP contribution in [0.4, 0.5) is 0 Å². The molecule has 0 aliphatic rings. The number of benzene rings is 1. The third-order valence-electron chi connectivity index (χ3n) is 3.63. The first-order valence-electron chi connectivity index (χ1n) is 6.59. The van der Waals surface area contributed by atoms with Crippen LogP contribution in [0.5, 0.6) is 0 Å². The molecule has 0 radical (unpaired) electrons. The maximum Gasteiger partial charge on any atom is 0.326 e. The van der Waals surface area contributed by atoms with Gasteiger partial charge in [-0.15, -0.1) is 0 Å². The largest absolute Gasteiger partial charge is 0.516 e. The molecule has 0 fully saturated rings. The molecule has 0 saturated carbocycles. The van der Waals surface area contributed by atoms with Gasteiger partial charge in [0.2, 0.25) is 0 Å². The summed E-state index contributed by atoms with van der Waals surface area (Å²) in [6.07, 6.45) is 0. The molecular formula is C13H20O5SSi. The Balaban J connectivity index is 3.17. The van der Waals surface area contributed by atoms with Crippen LogP contribution in [0, 0.1) is 0 Å². The summed E-state index contributed by atoms with van der Waals surface area (Å²) in [6, 6.07) is 7.87. The Morgan fingerprint density at radius 2 is 1.65 bits per heavy atom. The van der Waals surface area contributed by atoms with Crippen LogP contribution in [-0.2, 0) is 14.5 Å². The Kier molecular flexibility index (Phi) is 5.49. The topological polar surface area (TPSA) is 80.7 Å². The van der Waals surface area contributed by atoms with E-state index >= 15 is 0 Å². The molecule has 1 N–H and O–H groups in total. The van der Waals surface area contributed by atoms with Gasteiger partial charge in [-0.2, -0.15) is 8.42 Å². The van der Waals surface area contributed by atoms with Gasteiger partial charge in [-0.05, 0) is 30.3 Å². The van der Waals surface area contributed by atoms with E-state index in [9.17, 15) is 13.2 Å². The average Bonchev–Trinajstić information content (AvgIpc) is 2.44. The molecule has 0 aliphatic heterocycles. The van der Waals surface area contributed by atoms with Crippen molar-refractivity contribution in [2.24, 2.45) is 0 Å². The first kappa shape index (κ1) is 16.9. The number of hydrogen-bond acceptors (Lipinski definition) is 4. The maximum absolute atomic E-state index is 12.2. The summed E-state index contributed by atoms with van der Waals surface area (Å²) in [7, 11) is -6.61. The van der Waals surface area contributed by atoms with Crippen LogP contribution in [0.25, 0.3) is 0 Å². The Labute approximate surface area is 120 Å². The molecule has 0 heterocycles. The number of rotatable bonds is 6. The molecular weight excluding hydrogens is 296 g/mol. The lowest BCUT2D eigenvalue weighted by molar-refractivity contribution is 0.0713. The first-order valence-corrected chi connectivity index (χ1v) is 10.6. The van der Waals surface area contributed by atoms with Gasteiger partial charge in [0, 0.05) is 0 Å². The van der Waals surface area contributed by atoms with E-state index in [1.54, 1.807) is 6.07 Å².